The van der Waals surface area contributed by atoms with Gasteiger partial charge < -0.3 is 20.3 Å². The minimum atomic E-state index is 0.226. The van der Waals surface area contributed by atoms with Gasteiger partial charge in [0, 0.05) is 19.8 Å². The van der Waals surface area contributed by atoms with Crippen LogP contribution in [0.2, 0.25) is 10.0 Å². The minimum Gasteiger partial charge on any atom is -0.475 e. The molecule has 9 nitrogen and oxygen atoms in total. The zero-order valence-corrected chi connectivity index (χ0v) is 22.0. The van der Waals surface area contributed by atoms with Gasteiger partial charge in [0.05, 0.1) is 46.3 Å². The highest BCUT2D eigenvalue weighted by Crippen LogP contribution is 2.29. The van der Waals surface area contributed by atoms with Crippen molar-refractivity contribution in [1.82, 2.24) is 20.0 Å². The summed E-state index contributed by atoms with van der Waals surface area (Å²) in [4.78, 5) is 18.0. The number of carbonyl (C=O) groups is 1. The lowest BCUT2D eigenvalue weighted by Gasteiger charge is -2.26. The molecular formula is C25H33Cl2N7O2. The molecule has 0 amide bonds. The Morgan fingerprint density at radius 1 is 1.17 bits per heavy atom. The van der Waals surface area contributed by atoms with Gasteiger partial charge in [-0.25, -0.2) is 4.99 Å². The summed E-state index contributed by atoms with van der Waals surface area (Å²) in [5.74, 6) is 1.11. The third-order valence-electron chi connectivity index (χ3n) is 6.09. The molecule has 1 saturated heterocycles. The van der Waals surface area contributed by atoms with E-state index in [-0.39, 0.29) is 6.10 Å². The topological polar surface area (TPSA) is 95.8 Å². The Hall–Kier alpha value is -2.75. The molecule has 2 fully saturated rings. The predicted molar refractivity (Wildman–Crippen MR) is 145 cm³/mol. The lowest BCUT2D eigenvalue weighted by atomic mass is 10.1. The average molecular weight is 534 g/mol. The molecule has 3 aliphatic rings. The van der Waals surface area contributed by atoms with E-state index in [0.29, 0.717) is 34.0 Å². The first-order valence-electron chi connectivity index (χ1n) is 12.4. The Morgan fingerprint density at radius 2 is 1.92 bits per heavy atom. The summed E-state index contributed by atoms with van der Waals surface area (Å²) in [5.41, 5.74) is 2.21. The number of hydrogen-bond donors (Lipinski definition) is 3. The average Bonchev–Trinajstić information content (AvgIpc) is 3.60. The number of aliphatic imine (C=N–C) groups is 1. The van der Waals surface area contributed by atoms with Crippen LogP contribution in [0.5, 0.6) is 0 Å². The molecule has 36 heavy (non-hydrogen) atoms. The van der Waals surface area contributed by atoms with Crippen LogP contribution in [0.4, 0.5) is 11.4 Å². The molecule has 0 unspecified atom stereocenters. The van der Waals surface area contributed by atoms with Crippen molar-refractivity contribution in [2.75, 3.05) is 43.9 Å². The fourth-order valence-electron chi connectivity index (χ4n) is 3.93. The van der Waals surface area contributed by atoms with Crippen molar-refractivity contribution in [3.63, 3.8) is 0 Å². The molecule has 3 N–H and O–H groups in total. The molecule has 11 heteroatoms. The second-order valence-electron chi connectivity index (χ2n) is 8.95. The number of rotatable bonds is 8. The van der Waals surface area contributed by atoms with Crippen LogP contribution >= 0.6 is 23.2 Å². The summed E-state index contributed by atoms with van der Waals surface area (Å²) in [6, 6.07) is 5.39. The summed E-state index contributed by atoms with van der Waals surface area (Å²) in [5, 5.41) is 14.9. The van der Waals surface area contributed by atoms with E-state index in [2.05, 4.69) is 30.9 Å². The van der Waals surface area contributed by atoms with Crippen LogP contribution in [0.3, 0.4) is 0 Å². The Balaban J connectivity index is 0.000000256. The number of benzene rings is 1. The van der Waals surface area contributed by atoms with Crippen molar-refractivity contribution in [3.8, 4) is 0 Å². The Morgan fingerprint density at radius 3 is 2.56 bits per heavy atom. The van der Waals surface area contributed by atoms with E-state index in [1.807, 2.05) is 16.9 Å². The van der Waals surface area contributed by atoms with Crippen molar-refractivity contribution in [2.45, 2.75) is 44.8 Å². The Labute approximate surface area is 221 Å². The minimum absolute atomic E-state index is 0.226. The highest BCUT2D eigenvalue weighted by molar-refractivity contribution is 6.39. The first-order valence-corrected chi connectivity index (χ1v) is 13.1. The largest absolute Gasteiger partial charge is 0.475 e. The van der Waals surface area contributed by atoms with Crippen LogP contribution in [-0.2, 0) is 16.1 Å². The van der Waals surface area contributed by atoms with Crippen LogP contribution in [0.1, 0.15) is 32.1 Å². The second-order valence-corrected chi connectivity index (χ2v) is 9.76. The Bertz CT molecular complexity index is 1070. The molecule has 2 aliphatic heterocycles. The fourth-order valence-corrected chi connectivity index (χ4v) is 4.52. The van der Waals surface area contributed by atoms with Crippen molar-refractivity contribution >= 4 is 46.8 Å². The third-order valence-corrected chi connectivity index (χ3v) is 6.71. The molecule has 0 bridgehead atoms. The SMILES string of the molecule is CNc1c(Cl)cccc1Cl.O=CC1=C(OC2CC2)NC(Nc2cnn(CCN3CCCCC3)c2)=NC1. The molecule has 1 aromatic carbocycles. The van der Waals surface area contributed by atoms with Crippen LogP contribution in [-0.4, -0.2) is 66.3 Å². The number of anilines is 2. The van der Waals surface area contributed by atoms with Gasteiger partial charge in [0.2, 0.25) is 11.8 Å². The highest BCUT2D eigenvalue weighted by atomic mass is 35.5. The van der Waals surface area contributed by atoms with E-state index in [0.717, 1.165) is 43.6 Å². The normalized spacial score (nSPS) is 17.9. The van der Waals surface area contributed by atoms with E-state index in [9.17, 15) is 4.79 Å². The monoisotopic (exact) mass is 533 g/mol. The number of halogens is 2. The number of aromatic nitrogens is 2. The first-order chi connectivity index (χ1) is 17.6. The number of aldehydes is 1. The summed E-state index contributed by atoms with van der Waals surface area (Å²) < 4.78 is 7.73. The number of para-hydroxylation sites is 1. The predicted octanol–water partition coefficient (Wildman–Crippen LogP) is 4.36. The van der Waals surface area contributed by atoms with Crippen LogP contribution in [0.25, 0.3) is 0 Å². The highest BCUT2D eigenvalue weighted by Gasteiger charge is 2.27. The maximum Gasteiger partial charge on any atom is 0.203 e. The van der Waals surface area contributed by atoms with Crippen LogP contribution in [0, 0.1) is 0 Å². The lowest BCUT2D eigenvalue weighted by Crippen LogP contribution is -2.36. The van der Waals surface area contributed by atoms with E-state index < -0.39 is 0 Å². The maximum absolute atomic E-state index is 11.2. The lowest BCUT2D eigenvalue weighted by molar-refractivity contribution is -0.105. The summed E-state index contributed by atoms with van der Waals surface area (Å²) >= 11 is 11.6. The molecule has 3 heterocycles. The second kappa shape index (κ2) is 13.0. The zero-order valence-electron chi connectivity index (χ0n) is 20.5. The zero-order chi connectivity index (χ0) is 25.3. The van der Waals surface area contributed by atoms with E-state index in [1.165, 1.54) is 32.4 Å². The molecule has 0 spiro atoms. The van der Waals surface area contributed by atoms with Crippen molar-refractivity contribution in [1.29, 1.82) is 0 Å². The number of hydrogen-bond acceptors (Lipinski definition) is 8. The number of likely N-dealkylation sites (tertiary alicyclic amines) is 1. The summed E-state index contributed by atoms with van der Waals surface area (Å²) in [6.45, 7) is 4.63. The van der Waals surface area contributed by atoms with E-state index >= 15 is 0 Å². The van der Waals surface area contributed by atoms with E-state index in [4.69, 9.17) is 27.9 Å². The smallest absolute Gasteiger partial charge is 0.203 e. The van der Waals surface area contributed by atoms with Crippen LogP contribution in [0.15, 0.2) is 47.0 Å². The molecule has 1 saturated carbocycles. The number of nitrogens with one attached hydrogen (secondary N) is 3. The number of nitrogens with zero attached hydrogens (tertiary/aromatic N) is 4. The van der Waals surface area contributed by atoms with Gasteiger partial charge in [0.15, 0.2) is 6.29 Å². The number of carbonyl (C=O) groups excluding carboxylic acids is 1. The van der Waals surface area contributed by atoms with Gasteiger partial charge >= 0.3 is 0 Å². The Kier molecular flexibility index (Phi) is 9.49. The standard InChI is InChI=1S/C18H26N6O2.C7H7Cl2N/c25-13-14-10-19-18(22-17(14)26-16-4-5-16)21-15-11-20-24(12-15)9-8-23-6-2-1-3-7-23;1-10-7-5(8)3-2-4-6(7)9/h11-13,16H,1-10H2,(H2,19,21,22);2-4,10H,1H3. The quantitative estimate of drug-likeness (QED) is 0.433. The van der Waals surface area contributed by atoms with Gasteiger partial charge in [-0.3, -0.25) is 14.8 Å². The van der Waals surface area contributed by atoms with Gasteiger partial charge in [0.25, 0.3) is 0 Å². The fraction of sp³-hybridized carbons (Fsp3) is 0.480. The van der Waals surface area contributed by atoms with Crippen LogP contribution < -0.4 is 16.0 Å². The summed E-state index contributed by atoms with van der Waals surface area (Å²) in [7, 11) is 1.78. The summed E-state index contributed by atoms with van der Waals surface area (Å²) in [6.07, 6.45) is 10.9. The molecule has 0 radical (unpaired) electrons. The maximum atomic E-state index is 11.2. The molecule has 1 aliphatic carbocycles. The van der Waals surface area contributed by atoms with Crippen molar-refractivity contribution in [2.24, 2.45) is 4.99 Å². The first kappa shape index (κ1) is 26.3. The van der Waals surface area contributed by atoms with E-state index in [1.54, 1.807) is 25.4 Å². The van der Waals surface area contributed by atoms with Gasteiger partial charge in [-0.2, -0.15) is 5.10 Å². The molecule has 0 atom stereocenters. The molecule has 1 aromatic heterocycles. The molecule has 194 valence electrons. The number of guanidine groups is 1. The van der Waals surface area contributed by atoms with Crippen molar-refractivity contribution in [3.05, 3.63) is 52.1 Å². The van der Waals surface area contributed by atoms with Gasteiger partial charge in [-0.15, -0.1) is 0 Å². The van der Waals surface area contributed by atoms with Gasteiger partial charge in [-0.1, -0.05) is 35.7 Å². The van der Waals surface area contributed by atoms with Crippen molar-refractivity contribution < 1.29 is 9.53 Å². The van der Waals surface area contributed by atoms with Gasteiger partial charge in [-0.05, 0) is 50.9 Å². The number of ether oxygens (including phenoxy) is 1. The third kappa shape index (κ3) is 7.62. The molecule has 2 aromatic rings. The van der Waals surface area contributed by atoms with Gasteiger partial charge in [0.1, 0.15) is 6.10 Å². The number of piperidine rings is 1. The molecule has 5 rings (SSSR count). The molecular weight excluding hydrogens is 501 g/mol.